The standard InChI is InChI=1S/C19H19NO2/c1-22-14-7-8-15-16(11-14)17(13-5-3-2-4-6-13)12-20-18(15)9-10-19(20)21/h2-8,11,17-18H,9-10,12H2,1H3/t17-,18-/m1/s1. The van der Waals surface area contributed by atoms with Crippen LogP contribution < -0.4 is 4.74 Å². The first-order chi connectivity index (χ1) is 10.8. The van der Waals surface area contributed by atoms with Crippen LogP contribution >= 0.6 is 0 Å². The van der Waals surface area contributed by atoms with Gasteiger partial charge in [-0.05, 0) is 35.2 Å². The molecule has 2 aromatic rings. The maximum Gasteiger partial charge on any atom is 0.223 e. The average molecular weight is 293 g/mol. The van der Waals surface area contributed by atoms with Crippen molar-refractivity contribution in [3.8, 4) is 5.75 Å². The first-order valence-electron chi connectivity index (χ1n) is 7.80. The summed E-state index contributed by atoms with van der Waals surface area (Å²) in [6, 6.07) is 17.0. The lowest BCUT2D eigenvalue weighted by atomic mass is 9.81. The Kier molecular flexibility index (Phi) is 3.14. The highest BCUT2D eigenvalue weighted by molar-refractivity contribution is 5.80. The van der Waals surface area contributed by atoms with Crippen LogP contribution in [0, 0.1) is 0 Å². The summed E-state index contributed by atoms with van der Waals surface area (Å²) >= 11 is 0. The van der Waals surface area contributed by atoms with Crippen molar-refractivity contribution in [3.63, 3.8) is 0 Å². The summed E-state index contributed by atoms with van der Waals surface area (Å²) in [5.41, 5.74) is 3.85. The summed E-state index contributed by atoms with van der Waals surface area (Å²) in [6.45, 7) is 0.772. The largest absolute Gasteiger partial charge is 0.497 e. The highest BCUT2D eigenvalue weighted by Crippen LogP contribution is 2.45. The number of methoxy groups -OCH3 is 1. The van der Waals surface area contributed by atoms with Gasteiger partial charge in [-0.15, -0.1) is 0 Å². The lowest BCUT2D eigenvalue weighted by molar-refractivity contribution is -0.129. The van der Waals surface area contributed by atoms with E-state index in [1.165, 1.54) is 16.7 Å². The van der Waals surface area contributed by atoms with Gasteiger partial charge in [-0.1, -0.05) is 36.4 Å². The Balaban J connectivity index is 1.86. The van der Waals surface area contributed by atoms with Gasteiger partial charge >= 0.3 is 0 Å². The molecule has 0 radical (unpaired) electrons. The van der Waals surface area contributed by atoms with E-state index in [2.05, 4.69) is 41.3 Å². The molecular weight excluding hydrogens is 274 g/mol. The maximum absolute atomic E-state index is 12.2. The second-order valence-corrected chi connectivity index (χ2v) is 6.06. The molecule has 112 valence electrons. The number of fused-ring (bicyclic) bond motifs is 3. The molecule has 2 aromatic carbocycles. The fourth-order valence-corrected chi connectivity index (χ4v) is 3.84. The van der Waals surface area contributed by atoms with E-state index in [1.54, 1.807) is 7.11 Å². The van der Waals surface area contributed by atoms with Crippen molar-refractivity contribution in [2.24, 2.45) is 0 Å². The average Bonchev–Trinajstić information content (AvgIpc) is 2.95. The molecule has 3 nitrogen and oxygen atoms in total. The first kappa shape index (κ1) is 13.4. The van der Waals surface area contributed by atoms with Crippen molar-refractivity contribution in [2.45, 2.75) is 24.8 Å². The topological polar surface area (TPSA) is 29.5 Å². The van der Waals surface area contributed by atoms with E-state index >= 15 is 0 Å². The third kappa shape index (κ3) is 2.00. The molecule has 0 saturated carbocycles. The molecule has 2 aliphatic rings. The molecule has 2 heterocycles. The highest BCUT2D eigenvalue weighted by atomic mass is 16.5. The molecule has 0 unspecified atom stereocenters. The lowest BCUT2D eigenvalue weighted by Crippen LogP contribution is -2.37. The Hall–Kier alpha value is -2.29. The molecule has 1 fully saturated rings. The smallest absolute Gasteiger partial charge is 0.223 e. The predicted octanol–water partition coefficient (Wildman–Crippen LogP) is 3.50. The van der Waals surface area contributed by atoms with Gasteiger partial charge < -0.3 is 9.64 Å². The first-order valence-corrected chi connectivity index (χ1v) is 7.80. The molecule has 4 rings (SSSR count). The summed E-state index contributed by atoms with van der Waals surface area (Å²) in [5.74, 6) is 1.40. The van der Waals surface area contributed by atoms with Gasteiger partial charge in [0.05, 0.1) is 13.2 Å². The SMILES string of the molecule is COc1ccc2c(c1)[C@@H](c1ccccc1)CN1C(=O)CC[C@H]21. The van der Waals surface area contributed by atoms with Crippen LogP contribution in [0.15, 0.2) is 48.5 Å². The maximum atomic E-state index is 12.2. The monoisotopic (exact) mass is 293 g/mol. The molecule has 0 aliphatic carbocycles. The summed E-state index contributed by atoms with van der Waals surface area (Å²) in [4.78, 5) is 14.3. The summed E-state index contributed by atoms with van der Waals surface area (Å²) < 4.78 is 5.42. The van der Waals surface area contributed by atoms with Gasteiger partial charge in [0.15, 0.2) is 0 Å². The second kappa shape index (κ2) is 5.16. The third-order valence-corrected chi connectivity index (χ3v) is 4.94. The van der Waals surface area contributed by atoms with Gasteiger partial charge in [-0.2, -0.15) is 0 Å². The van der Waals surface area contributed by atoms with Gasteiger partial charge in [-0.25, -0.2) is 0 Å². The van der Waals surface area contributed by atoms with Gasteiger partial charge in [0.2, 0.25) is 5.91 Å². The normalized spacial score (nSPS) is 23.1. The molecule has 2 atom stereocenters. The number of nitrogens with zero attached hydrogens (tertiary/aromatic N) is 1. The molecule has 3 heteroatoms. The number of carbonyl (C=O) groups excluding carboxylic acids is 1. The fourth-order valence-electron chi connectivity index (χ4n) is 3.84. The van der Waals surface area contributed by atoms with Gasteiger partial charge in [0.1, 0.15) is 5.75 Å². The van der Waals surface area contributed by atoms with Crippen LogP contribution in [0.1, 0.15) is 41.5 Å². The van der Waals surface area contributed by atoms with E-state index in [-0.39, 0.29) is 17.9 Å². The minimum Gasteiger partial charge on any atom is -0.497 e. The predicted molar refractivity (Wildman–Crippen MR) is 85.0 cm³/mol. The Morgan fingerprint density at radius 1 is 1.09 bits per heavy atom. The second-order valence-electron chi connectivity index (χ2n) is 6.06. The zero-order chi connectivity index (χ0) is 15.1. The van der Waals surface area contributed by atoms with Crippen LogP contribution in [-0.4, -0.2) is 24.5 Å². The van der Waals surface area contributed by atoms with Crippen molar-refractivity contribution in [2.75, 3.05) is 13.7 Å². The Morgan fingerprint density at radius 2 is 1.91 bits per heavy atom. The molecule has 2 aliphatic heterocycles. The summed E-state index contributed by atoms with van der Waals surface area (Å²) in [6.07, 6.45) is 1.59. The quantitative estimate of drug-likeness (QED) is 0.848. The molecule has 1 saturated heterocycles. The molecular formula is C19H19NO2. The number of hydrogen-bond acceptors (Lipinski definition) is 2. The molecule has 0 aromatic heterocycles. The summed E-state index contributed by atoms with van der Waals surface area (Å²) in [7, 11) is 1.70. The van der Waals surface area contributed by atoms with Crippen LogP contribution in [-0.2, 0) is 4.79 Å². The molecule has 0 spiro atoms. The molecule has 0 N–H and O–H groups in total. The van der Waals surface area contributed by atoms with Crippen molar-refractivity contribution in [3.05, 3.63) is 65.2 Å². The number of hydrogen-bond donors (Lipinski definition) is 0. The van der Waals surface area contributed by atoms with E-state index in [0.29, 0.717) is 6.42 Å². The van der Waals surface area contributed by atoms with Crippen molar-refractivity contribution in [1.29, 1.82) is 0 Å². The van der Waals surface area contributed by atoms with Crippen LogP contribution in [0.3, 0.4) is 0 Å². The van der Waals surface area contributed by atoms with E-state index in [0.717, 1.165) is 18.7 Å². The molecule has 22 heavy (non-hydrogen) atoms. The van der Waals surface area contributed by atoms with E-state index in [4.69, 9.17) is 4.74 Å². The van der Waals surface area contributed by atoms with E-state index in [9.17, 15) is 4.79 Å². The molecule has 0 bridgehead atoms. The van der Waals surface area contributed by atoms with Crippen molar-refractivity contribution >= 4 is 5.91 Å². The van der Waals surface area contributed by atoms with Crippen molar-refractivity contribution < 1.29 is 9.53 Å². The summed E-state index contributed by atoms with van der Waals surface area (Å²) in [5, 5.41) is 0. The van der Waals surface area contributed by atoms with Crippen molar-refractivity contribution in [1.82, 2.24) is 4.90 Å². The number of rotatable bonds is 2. The number of amides is 1. The zero-order valence-corrected chi connectivity index (χ0v) is 12.7. The minimum absolute atomic E-state index is 0.226. The third-order valence-electron chi connectivity index (χ3n) is 4.94. The fraction of sp³-hybridized carbons (Fsp3) is 0.316. The lowest BCUT2D eigenvalue weighted by Gasteiger charge is -2.37. The van der Waals surface area contributed by atoms with E-state index in [1.807, 2.05) is 12.1 Å². The highest BCUT2D eigenvalue weighted by Gasteiger charge is 2.40. The van der Waals surface area contributed by atoms with E-state index < -0.39 is 0 Å². The van der Waals surface area contributed by atoms with Crippen LogP contribution in [0.5, 0.6) is 5.75 Å². The van der Waals surface area contributed by atoms with Gasteiger partial charge in [0.25, 0.3) is 0 Å². The van der Waals surface area contributed by atoms with Gasteiger partial charge in [-0.3, -0.25) is 4.79 Å². The molecule has 1 amide bonds. The Morgan fingerprint density at radius 3 is 2.68 bits per heavy atom. The van der Waals surface area contributed by atoms with Crippen LogP contribution in [0.4, 0.5) is 0 Å². The minimum atomic E-state index is 0.226. The Bertz CT molecular complexity index is 711. The number of benzene rings is 2. The Labute approximate surface area is 130 Å². The number of ether oxygens (including phenoxy) is 1. The number of carbonyl (C=O) groups is 1. The van der Waals surface area contributed by atoms with Gasteiger partial charge in [0, 0.05) is 18.9 Å². The van der Waals surface area contributed by atoms with Crippen LogP contribution in [0.25, 0.3) is 0 Å². The van der Waals surface area contributed by atoms with Crippen LogP contribution in [0.2, 0.25) is 0 Å². The zero-order valence-electron chi connectivity index (χ0n) is 12.7.